The monoisotopic (exact) mass is 248 g/mol. The number of carbonyl (C=O) groups excluding carboxylic acids is 2. The number of rotatable bonds is 6. The summed E-state index contributed by atoms with van der Waals surface area (Å²) in [6, 6.07) is -0.630. The quantitative estimate of drug-likeness (QED) is 0.758. The molecule has 0 saturated heterocycles. The van der Waals surface area contributed by atoms with Crippen LogP contribution in [0.2, 0.25) is 0 Å². The van der Waals surface area contributed by atoms with Gasteiger partial charge in [-0.25, -0.2) is 0 Å². The highest BCUT2D eigenvalue weighted by molar-refractivity contribution is 5.89. The first-order valence-electron chi connectivity index (χ1n) is 6.44. The number of amides is 1. The lowest BCUT2D eigenvalue weighted by Gasteiger charge is -2.22. The van der Waals surface area contributed by atoms with Crippen molar-refractivity contribution < 1.29 is 12.4 Å². The van der Waals surface area contributed by atoms with Crippen LogP contribution < -0.4 is 10.6 Å². The predicted octanol–water partition coefficient (Wildman–Crippen LogP) is 2.23. The van der Waals surface area contributed by atoms with Gasteiger partial charge in [0.2, 0.25) is 5.91 Å². The zero-order valence-corrected chi connectivity index (χ0v) is 12.3. The summed E-state index contributed by atoms with van der Waals surface area (Å²) in [7, 11) is 0. The van der Waals surface area contributed by atoms with Gasteiger partial charge in [0, 0.05) is 2.85 Å². The fourth-order valence-corrected chi connectivity index (χ4v) is 1.26. The predicted molar refractivity (Wildman–Crippen MR) is 76.2 cm³/mol. The van der Waals surface area contributed by atoms with Gasteiger partial charge in [0.05, 0.1) is 12.1 Å². The van der Waals surface area contributed by atoms with Crippen LogP contribution in [0.4, 0.5) is 0 Å². The molecule has 0 aliphatic heterocycles. The summed E-state index contributed by atoms with van der Waals surface area (Å²) in [5.74, 6) is 0.0843. The third-order valence-electron chi connectivity index (χ3n) is 2.34. The molecule has 2 atom stereocenters. The molecular formula is C13H32N2O2. The van der Waals surface area contributed by atoms with E-state index in [0.717, 1.165) is 6.54 Å². The van der Waals surface area contributed by atoms with Crippen LogP contribution >= 0.6 is 0 Å². The van der Waals surface area contributed by atoms with Crippen LogP contribution in [0.25, 0.3) is 0 Å². The minimum atomic E-state index is -0.405. The van der Waals surface area contributed by atoms with Crippen LogP contribution in [0.1, 0.15) is 51.3 Å². The van der Waals surface area contributed by atoms with Gasteiger partial charge in [-0.05, 0) is 26.3 Å². The van der Waals surface area contributed by atoms with E-state index in [0.29, 0.717) is 0 Å². The Kier molecular flexibility index (Phi) is 11.2. The van der Waals surface area contributed by atoms with Gasteiger partial charge in [0.15, 0.2) is 5.78 Å². The van der Waals surface area contributed by atoms with E-state index >= 15 is 0 Å². The summed E-state index contributed by atoms with van der Waals surface area (Å²) in [4.78, 5) is 22.8. The van der Waals surface area contributed by atoms with Crippen molar-refractivity contribution in [2.75, 3.05) is 6.54 Å². The first kappa shape index (κ1) is 18.5. The molecule has 0 radical (unpaired) electrons. The molecule has 106 valence electrons. The van der Waals surface area contributed by atoms with Crippen molar-refractivity contribution in [2.24, 2.45) is 5.92 Å². The van der Waals surface area contributed by atoms with Gasteiger partial charge in [-0.15, -0.1) is 0 Å². The normalized spacial score (nSPS) is 13.4. The molecule has 2 N–H and O–H groups in total. The van der Waals surface area contributed by atoms with E-state index in [1.807, 2.05) is 34.6 Å². The second-order valence-electron chi connectivity index (χ2n) is 4.12. The first-order valence-corrected chi connectivity index (χ1v) is 6.44. The molecule has 1 amide bonds. The molecule has 0 aromatic heterocycles. The Balaban J connectivity index is -0.000000267. The standard InChI is InChI=1S/C11H22N2O2.C2H6.2H2/c1-6-12-10(7(2)3)11(15)13-8(4)9(5)14;1-2;;/h7-8,10,12H,6H2,1-5H3,(H,13,15);1-2H3;2*1H/t8-,10-;;;/m0.../s1. The van der Waals surface area contributed by atoms with Gasteiger partial charge in [-0.1, -0.05) is 34.6 Å². The van der Waals surface area contributed by atoms with Crippen LogP contribution in [0.5, 0.6) is 0 Å². The third kappa shape index (κ3) is 7.91. The molecule has 0 aromatic rings. The van der Waals surface area contributed by atoms with Crippen molar-refractivity contribution >= 4 is 11.7 Å². The van der Waals surface area contributed by atoms with Gasteiger partial charge in [-0.3, -0.25) is 9.59 Å². The number of ketones is 1. The van der Waals surface area contributed by atoms with Crippen LogP contribution in [0.15, 0.2) is 0 Å². The first-order chi connectivity index (χ1) is 7.90. The fraction of sp³-hybridized carbons (Fsp3) is 0.846. The molecule has 0 heterocycles. The smallest absolute Gasteiger partial charge is 0.237 e. The van der Waals surface area contributed by atoms with Crippen molar-refractivity contribution in [3.63, 3.8) is 0 Å². The molecule has 0 aromatic carbocycles. The Bertz CT molecular complexity index is 237. The average Bonchev–Trinajstić information content (AvgIpc) is 2.27. The largest absolute Gasteiger partial charge is 0.345 e. The number of Topliss-reactive ketones (excluding diaryl/α,β-unsaturated/α-hetero) is 1. The van der Waals surface area contributed by atoms with E-state index in [2.05, 4.69) is 10.6 Å². The maximum absolute atomic E-state index is 11.8. The lowest BCUT2D eigenvalue weighted by atomic mass is 10.0. The van der Waals surface area contributed by atoms with E-state index < -0.39 is 6.04 Å². The Morgan fingerprint density at radius 3 is 1.94 bits per heavy atom. The van der Waals surface area contributed by atoms with E-state index in [1.165, 1.54) is 6.92 Å². The van der Waals surface area contributed by atoms with Crippen LogP contribution in [0, 0.1) is 5.92 Å². The van der Waals surface area contributed by atoms with Crippen LogP contribution in [-0.2, 0) is 9.59 Å². The molecule has 17 heavy (non-hydrogen) atoms. The SMILES string of the molecule is CC.CCN[C@H](C(=O)N[C@@H](C)C(C)=O)C(C)C.[HH].[HH]. The second-order valence-corrected chi connectivity index (χ2v) is 4.12. The van der Waals surface area contributed by atoms with Crippen LogP contribution in [-0.4, -0.2) is 30.3 Å². The molecule has 0 spiro atoms. The molecular weight excluding hydrogens is 216 g/mol. The molecule has 0 unspecified atom stereocenters. The maximum Gasteiger partial charge on any atom is 0.237 e. The second kappa shape index (κ2) is 10.3. The number of hydrogen-bond donors (Lipinski definition) is 2. The third-order valence-corrected chi connectivity index (χ3v) is 2.34. The van der Waals surface area contributed by atoms with Crippen molar-refractivity contribution in [3.05, 3.63) is 0 Å². The van der Waals surface area contributed by atoms with Gasteiger partial charge < -0.3 is 10.6 Å². The summed E-state index contributed by atoms with van der Waals surface area (Å²) >= 11 is 0. The molecule has 4 nitrogen and oxygen atoms in total. The zero-order valence-electron chi connectivity index (χ0n) is 12.3. The van der Waals surface area contributed by atoms with E-state index in [9.17, 15) is 9.59 Å². The molecule has 0 bridgehead atoms. The Morgan fingerprint density at radius 1 is 1.18 bits per heavy atom. The summed E-state index contributed by atoms with van der Waals surface area (Å²) < 4.78 is 0. The number of hydrogen-bond acceptors (Lipinski definition) is 3. The number of likely N-dealkylation sites (N-methyl/N-ethyl adjacent to an activating group) is 1. The zero-order chi connectivity index (χ0) is 14.0. The Morgan fingerprint density at radius 2 is 1.65 bits per heavy atom. The molecule has 0 aliphatic rings. The van der Waals surface area contributed by atoms with Gasteiger partial charge in [0.1, 0.15) is 0 Å². The highest BCUT2D eigenvalue weighted by Crippen LogP contribution is 2.02. The maximum atomic E-state index is 11.8. The fourth-order valence-electron chi connectivity index (χ4n) is 1.26. The van der Waals surface area contributed by atoms with Crippen molar-refractivity contribution in [3.8, 4) is 0 Å². The minimum Gasteiger partial charge on any atom is -0.345 e. The summed E-state index contributed by atoms with van der Waals surface area (Å²) in [5, 5.41) is 5.80. The topological polar surface area (TPSA) is 58.2 Å². The lowest BCUT2D eigenvalue weighted by molar-refractivity contribution is -0.128. The van der Waals surface area contributed by atoms with Gasteiger partial charge in [0.25, 0.3) is 0 Å². The molecule has 0 rings (SSSR count). The molecule has 0 saturated carbocycles. The summed E-state index contributed by atoms with van der Waals surface area (Å²) in [5.41, 5.74) is 0. The van der Waals surface area contributed by atoms with Gasteiger partial charge >= 0.3 is 0 Å². The van der Waals surface area contributed by atoms with Crippen molar-refractivity contribution in [1.29, 1.82) is 0 Å². The number of carbonyl (C=O) groups is 2. The average molecular weight is 248 g/mol. The van der Waals surface area contributed by atoms with Crippen molar-refractivity contribution in [2.45, 2.75) is 60.5 Å². The van der Waals surface area contributed by atoms with Crippen molar-refractivity contribution in [1.82, 2.24) is 10.6 Å². The Hall–Kier alpha value is -0.900. The van der Waals surface area contributed by atoms with Gasteiger partial charge in [-0.2, -0.15) is 0 Å². The molecule has 0 aliphatic carbocycles. The van der Waals surface area contributed by atoms with E-state index in [1.54, 1.807) is 6.92 Å². The molecule has 4 heteroatoms. The highest BCUT2D eigenvalue weighted by atomic mass is 16.2. The minimum absolute atomic E-state index is 0. The highest BCUT2D eigenvalue weighted by Gasteiger charge is 2.22. The molecule has 0 fully saturated rings. The van der Waals surface area contributed by atoms with E-state index in [4.69, 9.17) is 0 Å². The summed E-state index contributed by atoms with van der Waals surface area (Å²) in [6.45, 7) is 13.8. The number of nitrogens with one attached hydrogen (secondary N) is 2. The lowest BCUT2D eigenvalue weighted by Crippen LogP contribution is -2.51. The Labute approximate surface area is 109 Å². The summed E-state index contributed by atoms with van der Waals surface area (Å²) in [6.07, 6.45) is 0. The van der Waals surface area contributed by atoms with Crippen LogP contribution in [0.3, 0.4) is 0 Å². The van der Waals surface area contributed by atoms with E-state index in [-0.39, 0.29) is 26.5 Å².